The van der Waals surface area contributed by atoms with Crippen molar-refractivity contribution in [2.45, 2.75) is 32.8 Å². The number of ether oxygens (including phenoxy) is 1. The molecule has 1 aliphatic rings. The van der Waals surface area contributed by atoms with E-state index in [-0.39, 0.29) is 24.4 Å². The van der Waals surface area contributed by atoms with Gasteiger partial charge in [0.05, 0.1) is 23.4 Å². The molecule has 0 spiro atoms. The number of anilines is 1. The van der Waals surface area contributed by atoms with Gasteiger partial charge in [0.2, 0.25) is 5.91 Å². The molecule has 0 heterocycles. The maximum atomic E-state index is 11.9. The van der Waals surface area contributed by atoms with Crippen LogP contribution in [0.1, 0.15) is 26.7 Å². The zero-order valence-corrected chi connectivity index (χ0v) is 13.9. The molecule has 1 aromatic carbocycles. The smallest absolute Gasteiger partial charge is 0.238 e. The van der Waals surface area contributed by atoms with Gasteiger partial charge in [0.25, 0.3) is 0 Å². The van der Waals surface area contributed by atoms with Gasteiger partial charge in [-0.2, -0.15) is 0 Å². The summed E-state index contributed by atoms with van der Waals surface area (Å²) in [6, 6.07) is 5.34. The van der Waals surface area contributed by atoms with Gasteiger partial charge in [-0.15, -0.1) is 12.4 Å². The highest BCUT2D eigenvalue weighted by atomic mass is 35.5. The van der Waals surface area contributed by atoms with Crippen molar-refractivity contribution >= 4 is 35.6 Å². The molecule has 2 rings (SSSR count). The summed E-state index contributed by atoms with van der Waals surface area (Å²) in [6.45, 7) is 5.07. The van der Waals surface area contributed by atoms with Crippen molar-refractivity contribution in [1.82, 2.24) is 5.32 Å². The topological polar surface area (TPSA) is 50.4 Å². The molecule has 0 radical (unpaired) electrons. The van der Waals surface area contributed by atoms with Crippen LogP contribution in [0.4, 0.5) is 5.69 Å². The minimum Gasteiger partial charge on any atom is -0.487 e. The third-order valence-electron chi connectivity index (χ3n) is 3.01. The molecule has 118 valence electrons. The van der Waals surface area contributed by atoms with Crippen molar-refractivity contribution in [2.24, 2.45) is 5.92 Å². The van der Waals surface area contributed by atoms with Gasteiger partial charge in [0.1, 0.15) is 0 Å². The Balaban J connectivity index is 0.00000220. The lowest BCUT2D eigenvalue weighted by Gasteiger charge is -2.16. The van der Waals surface area contributed by atoms with E-state index in [9.17, 15) is 4.79 Å². The molecular formula is C15H22Cl2N2O2. The molecular weight excluding hydrogens is 311 g/mol. The average molecular weight is 333 g/mol. The van der Waals surface area contributed by atoms with Crippen LogP contribution in [-0.2, 0) is 4.79 Å². The molecule has 0 aliphatic heterocycles. The van der Waals surface area contributed by atoms with E-state index in [1.54, 1.807) is 18.2 Å². The van der Waals surface area contributed by atoms with E-state index in [4.69, 9.17) is 16.3 Å². The zero-order chi connectivity index (χ0) is 14.5. The molecule has 0 unspecified atom stereocenters. The number of hydrogen-bond acceptors (Lipinski definition) is 3. The highest BCUT2D eigenvalue weighted by Crippen LogP contribution is 2.33. The lowest BCUT2D eigenvalue weighted by molar-refractivity contribution is -0.115. The molecule has 6 heteroatoms. The molecule has 0 atom stereocenters. The number of halogens is 2. The third kappa shape index (κ3) is 6.12. The van der Waals surface area contributed by atoms with Gasteiger partial charge in [-0.1, -0.05) is 17.7 Å². The number of para-hydroxylation sites is 1. The summed E-state index contributed by atoms with van der Waals surface area (Å²) in [4.78, 5) is 11.9. The number of carbonyl (C=O) groups excluding carboxylic acids is 1. The Morgan fingerprint density at radius 3 is 2.76 bits per heavy atom. The van der Waals surface area contributed by atoms with Crippen molar-refractivity contribution in [2.75, 3.05) is 18.4 Å². The molecule has 0 saturated heterocycles. The van der Waals surface area contributed by atoms with Crippen LogP contribution in [0.3, 0.4) is 0 Å². The third-order valence-corrected chi connectivity index (χ3v) is 3.31. The highest BCUT2D eigenvalue weighted by molar-refractivity contribution is 6.32. The molecule has 2 N–H and O–H groups in total. The lowest BCUT2D eigenvalue weighted by Crippen LogP contribution is -2.29. The second kappa shape index (κ2) is 8.47. The minimum absolute atomic E-state index is 0. The standard InChI is InChI=1S/C15H21ClN2O2.ClH/c1-10(2)20-15-12(16)4-3-5-13(15)18-14(19)9-17-8-11-6-7-11;/h3-5,10-11,17H,6-9H2,1-2H3,(H,18,19);1H. The summed E-state index contributed by atoms with van der Waals surface area (Å²) in [5.74, 6) is 1.20. The molecule has 1 fully saturated rings. The first-order valence-corrected chi connectivity index (χ1v) is 7.40. The minimum atomic E-state index is -0.0819. The number of nitrogens with one attached hydrogen (secondary N) is 2. The normalized spacial score (nSPS) is 13.7. The van der Waals surface area contributed by atoms with Crippen LogP contribution in [0.2, 0.25) is 5.02 Å². The maximum absolute atomic E-state index is 11.9. The molecule has 4 nitrogen and oxygen atoms in total. The van der Waals surface area contributed by atoms with Crippen LogP contribution in [0.15, 0.2) is 18.2 Å². The lowest BCUT2D eigenvalue weighted by atomic mass is 10.2. The fourth-order valence-corrected chi connectivity index (χ4v) is 2.09. The van der Waals surface area contributed by atoms with Crippen molar-refractivity contribution in [3.63, 3.8) is 0 Å². The summed E-state index contributed by atoms with van der Waals surface area (Å²) in [5.41, 5.74) is 0.615. The number of amides is 1. The van der Waals surface area contributed by atoms with Crippen LogP contribution in [0, 0.1) is 5.92 Å². The number of rotatable bonds is 7. The molecule has 1 aliphatic carbocycles. The van der Waals surface area contributed by atoms with Crippen LogP contribution >= 0.6 is 24.0 Å². The van der Waals surface area contributed by atoms with Gasteiger partial charge in [0, 0.05) is 0 Å². The monoisotopic (exact) mass is 332 g/mol. The number of benzene rings is 1. The second-order valence-electron chi connectivity index (χ2n) is 5.41. The first-order valence-electron chi connectivity index (χ1n) is 7.02. The Morgan fingerprint density at radius 1 is 1.43 bits per heavy atom. The van der Waals surface area contributed by atoms with Crippen LogP contribution in [-0.4, -0.2) is 25.1 Å². The van der Waals surface area contributed by atoms with E-state index in [0.29, 0.717) is 23.0 Å². The summed E-state index contributed by atoms with van der Waals surface area (Å²) in [5, 5.41) is 6.50. The van der Waals surface area contributed by atoms with Gasteiger partial charge in [-0.25, -0.2) is 0 Å². The van der Waals surface area contributed by atoms with Crippen molar-refractivity contribution in [3.8, 4) is 5.75 Å². The Bertz CT molecular complexity index is 477. The molecule has 1 amide bonds. The zero-order valence-electron chi connectivity index (χ0n) is 12.3. The van der Waals surface area contributed by atoms with Crippen LogP contribution < -0.4 is 15.4 Å². The van der Waals surface area contributed by atoms with E-state index < -0.39 is 0 Å². The predicted octanol–water partition coefficient (Wildman–Crippen LogP) is 3.49. The van der Waals surface area contributed by atoms with Crippen molar-refractivity contribution in [3.05, 3.63) is 23.2 Å². The molecule has 0 aromatic heterocycles. The quantitative estimate of drug-likeness (QED) is 0.803. The summed E-state index contributed by atoms with van der Waals surface area (Å²) in [7, 11) is 0. The van der Waals surface area contributed by atoms with E-state index in [1.165, 1.54) is 12.8 Å². The van der Waals surface area contributed by atoms with E-state index in [0.717, 1.165) is 12.5 Å². The first-order chi connectivity index (χ1) is 9.56. The largest absolute Gasteiger partial charge is 0.487 e. The number of hydrogen-bond donors (Lipinski definition) is 2. The SMILES string of the molecule is CC(C)Oc1c(Cl)cccc1NC(=O)CNCC1CC1.Cl. The maximum Gasteiger partial charge on any atom is 0.238 e. The Hall–Kier alpha value is -0.970. The van der Waals surface area contributed by atoms with Gasteiger partial charge in [0.15, 0.2) is 5.75 Å². The Morgan fingerprint density at radius 2 is 2.14 bits per heavy atom. The second-order valence-corrected chi connectivity index (χ2v) is 5.81. The Kier molecular flexibility index (Phi) is 7.29. The first kappa shape index (κ1) is 18.1. The average Bonchev–Trinajstić information content (AvgIpc) is 3.17. The molecule has 0 bridgehead atoms. The molecule has 1 saturated carbocycles. The fraction of sp³-hybridized carbons (Fsp3) is 0.533. The Labute approximate surface area is 137 Å². The van der Waals surface area contributed by atoms with Gasteiger partial charge in [-0.3, -0.25) is 4.79 Å². The van der Waals surface area contributed by atoms with Gasteiger partial charge in [-0.05, 0) is 51.3 Å². The van der Waals surface area contributed by atoms with E-state index in [2.05, 4.69) is 10.6 Å². The van der Waals surface area contributed by atoms with Crippen molar-refractivity contribution < 1.29 is 9.53 Å². The van der Waals surface area contributed by atoms with Crippen LogP contribution in [0.25, 0.3) is 0 Å². The van der Waals surface area contributed by atoms with E-state index in [1.807, 2.05) is 13.8 Å². The predicted molar refractivity (Wildman–Crippen MR) is 88.7 cm³/mol. The molecule has 1 aromatic rings. The number of carbonyl (C=O) groups is 1. The van der Waals surface area contributed by atoms with Gasteiger partial charge >= 0.3 is 0 Å². The fourth-order valence-electron chi connectivity index (χ4n) is 1.87. The summed E-state index contributed by atoms with van der Waals surface area (Å²) >= 11 is 6.12. The summed E-state index contributed by atoms with van der Waals surface area (Å²) in [6.07, 6.45) is 2.54. The van der Waals surface area contributed by atoms with Gasteiger partial charge < -0.3 is 15.4 Å². The van der Waals surface area contributed by atoms with E-state index >= 15 is 0 Å². The van der Waals surface area contributed by atoms with Crippen LogP contribution in [0.5, 0.6) is 5.75 Å². The van der Waals surface area contributed by atoms with Crippen molar-refractivity contribution in [1.29, 1.82) is 0 Å². The summed E-state index contributed by atoms with van der Waals surface area (Å²) < 4.78 is 5.66. The highest BCUT2D eigenvalue weighted by Gasteiger charge is 2.20. The molecule has 21 heavy (non-hydrogen) atoms.